The Morgan fingerprint density at radius 3 is 2.58 bits per heavy atom. The van der Waals surface area contributed by atoms with Gasteiger partial charge >= 0.3 is 0 Å². The molecule has 0 fully saturated rings. The van der Waals surface area contributed by atoms with E-state index in [9.17, 15) is 9.90 Å². The Kier molecular flexibility index (Phi) is 5.35. The van der Waals surface area contributed by atoms with E-state index in [1.807, 2.05) is 48.0 Å². The van der Waals surface area contributed by atoms with E-state index in [1.54, 1.807) is 30.4 Å². The Labute approximate surface area is 156 Å². The minimum atomic E-state index is -0.983. The van der Waals surface area contributed by atoms with Crippen LogP contribution in [0, 0.1) is 6.92 Å². The van der Waals surface area contributed by atoms with E-state index in [1.165, 1.54) is 6.20 Å². The van der Waals surface area contributed by atoms with E-state index in [2.05, 4.69) is 15.6 Å². The number of aliphatic hydroxyl groups is 1. The van der Waals surface area contributed by atoms with Crippen molar-refractivity contribution in [1.29, 1.82) is 0 Å². The van der Waals surface area contributed by atoms with Gasteiger partial charge in [-0.15, -0.1) is 0 Å². The van der Waals surface area contributed by atoms with Crippen LogP contribution < -0.4 is 10.6 Å². The van der Waals surface area contributed by atoms with Gasteiger partial charge in [-0.3, -0.25) is 4.79 Å². The van der Waals surface area contributed by atoms with E-state index < -0.39 is 5.60 Å². The van der Waals surface area contributed by atoms with Gasteiger partial charge in [-0.05, 0) is 60.5 Å². The summed E-state index contributed by atoms with van der Waals surface area (Å²) in [5.74, 6) is 0.394. The molecule has 0 bridgehead atoms. The average Bonchev–Trinajstić information content (AvgIpc) is 3.18. The Balaban J connectivity index is 1.59. The van der Waals surface area contributed by atoms with Crippen molar-refractivity contribution in [2.24, 2.45) is 0 Å². The van der Waals surface area contributed by atoms with Crippen LogP contribution in [0.5, 0.6) is 0 Å². The molecule has 1 atom stereocenters. The molecule has 2 aromatic heterocycles. The van der Waals surface area contributed by atoms with Gasteiger partial charge in [0.25, 0.3) is 5.91 Å². The van der Waals surface area contributed by atoms with E-state index in [4.69, 9.17) is 0 Å². The zero-order valence-corrected chi connectivity index (χ0v) is 15.5. The van der Waals surface area contributed by atoms with Crippen LogP contribution in [0.3, 0.4) is 0 Å². The first-order valence-electron chi connectivity index (χ1n) is 8.27. The molecule has 0 spiro atoms. The monoisotopic (exact) mass is 367 g/mol. The molecule has 0 aliphatic carbocycles. The first-order chi connectivity index (χ1) is 12.4. The van der Waals surface area contributed by atoms with Crippen molar-refractivity contribution in [2.45, 2.75) is 19.4 Å². The minimum Gasteiger partial charge on any atom is -0.384 e. The second-order valence-electron chi connectivity index (χ2n) is 6.39. The molecule has 0 aliphatic heterocycles. The van der Waals surface area contributed by atoms with Crippen molar-refractivity contribution in [1.82, 2.24) is 4.98 Å². The highest BCUT2D eigenvalue weighted by Crippen LogP contribution is 2.23. The van der Waals surface area contributed by atoms with Crippen molar-refractivity contribution < 1.29 is 9.90 Å². The second-order valence-corrected chi connectivity index (χ2v) is 7.17. The van der Waals surface area contributed by atoms with E-state index >= 15 is 0 Å². The van der Waals surface area contributed by atoms with Crippen LogP contribution in [0.2, 0.25) is 0 Å². The van der Waals surface area contributed by atoms with E-state index in [0.717, 1.165) is 16.8 Å². The smallest absolute Gasteiger partial charge is 0.257 e. The van der Waals surface area contributed by atoms with Crippen LogP contribution in [-0.2, 0) is 5.60 Å². The van der Waals surface area contributed by atoms with Crippen molar-refractivity contribution in [3.05, 3.63) is 76.1 Å². The molecule has 134 valence electrons. The molecule has 0 aliphatic rings. The number of nitrogens with one attached hydrogen (secondary N) is 2. The van der Waals surface area contributed by atoms with Gasteiger partial charge in [0.05, 0.1) is 5.56 Å². The number of benzene rings is 1. The first kappa shape index (κ1) is 18.1. The molecule has 3 aromatic rings. The fourth-order valence-corrected chi connectivity index (χ4v) is 3.19. The predicted octanol–water partition coefficient (Wildman–Crippen LogP) is 4.02. The van der Waals surface area contributed by atoms with Gasteiger partial charge in [0.15, 0.2) is 0 Å². The lowest BCUT2D eigenvalue weighted by atomic mass is 9.99. The van der Waals surface area contributed by atoms with Gasteiger partial charge in [-0.1, -0.05) is 17.7 Å². The summed E-state index contributed by atoms with van der Waals surface area (Å²) in [5, 5.41) is 20.3. The maximum atomic E-state index is 12.3. The van der Waals surface area contributed by atoms with Gasteiger partial charge in [-0.25, -0.2) is 4.98 Å². The number of hydrogen-bond donors (Lipinski definition) is 3. The average molecular weight is 367 g/mol. The summed E-state index contributed by atoms with van der Waals surface area (Å²) in [6.45, 7) is 4.08. The normalized spacial score (nSPS) is 13.0. The zero-order chi connectivity index (χ0) is 18.6. The molecule has 5 nitrogen and oxygen atoms in total. The standard InChI is InChI=1S/C20H21N3O2S/c1-14-3-6-17(7-4-14)23-19(24)15-5-8-18(21-11-15)22-13-20(2,25)16-9-10-26-12-16/h3-12,25H,13H2,1-2H3,(H,21,22)(H,23,24). The van der Waals surface area contributed by atoms with Gasteiger partial charge < -0.3 is 15.7 Å². The number of hydrogen-bond acceptors (Lipinski definition) is 5. The number of thiophene rings is 1. The van der Waals surface area contributed by atoms with Crippen molar-refractivity contribution in [2.75, 3.05) is 17.2 Å². The van der Waals surface area contributed by atoms with Crippen molar-refractivity contribution in [3.8, 4) is 0 Å². The third-order valence-corrected chi connectivity index (χ3v) is 4.78. The molecule has 2 heterocycles. The Morgan fingerprint density at radius 1 is 1.19 bits per heavy atom. The largest absolute Gasteiger partial charge is 0.384 e. The van der Waals surface area contributed by atoms with E-state index in [-0.39, 0.29) is 5.91 Å². The van der Waals surface area contributed by atoms with Crippen LogP contribution in [0.25, 0.3) is 0 Å². The van der Waals surface area contributed by atoms with Crippen LogP contribution in [-0.4, -0.2) is 22.5 Å². The molecular weight excluding hydrogens is 346 g/mol. The summed E-state index contributed by atoms with van der Waals surface area (Å²) in [6, 6.07) is 13.0. The summed E-state index contributed by atoms with van der Waals surface area (Å²) in [6.07, 6.45) is 1.52. The van der Waals surface area contributed by atoms with Crippen LogP contribution in [0.4, 0.5) is 11.5 Å². The fraction of sp³-hybridized carbons (Fsp3) is 0.200. The number of aromatic nitrogens is 1. The number of anilines is 2. The number of carbonyl (C=O) groups excluding carboxylic acids is 1. The fourth-order valence-electron chi connectivity index (χ4n) is 2.41. The molecule has 0 radical (unpaired) electrons. The van der Waals surface area contributed by atoms with Gasteiger partial charge in [0.1, 0.15) is 11.4 Å². The SMILES string of the molecule is Cc1ccc(NC(=O)c2ccc(NCC(C)(O)c3ccsc3)nc2)cc1. The summed E-state index contributed by atoms with van der Waals surface area (Å²) < 4.78 is 0. The number of amides is 1. The summed E-state index contributed by atoms with van der Waals surface area (Å²) in [4.78, 5) is 16.5. The van der Waals surface area contributed by atoms with Crippen molar-refractivity contribution >= 4 is 28.7 Å². The molecule has 3 N–H and O–H groups in total. The molecule has 1 aromatic carbocycles. The van der Waals surface area contributed by atoms with Gasteiger partial charge in [-0.2, -0.15) is 11.3 Å². The molecule has 3 rings (SSSR count). The first-order valence-corrected chi connectivity index (χ1v) is 9.21. The highest BCUT2D eigenvalue weighted by Gasteiger charge is 2.23. The highest BCUT2D eigenvalue weighted by molar-refractivity contribution is 7.08. The Morgan fingerprint density at radius 2 is 1.96 bits per heavy atom. The number of pyridine rings is 1. The number of aryl methyl sites for hydroxylation is 1. The van der Waals surface area contributed by atoms with Gasteiger partial charge in [0, 0.05) is 18.4 Å². The lowest BCUT2D eigenvalue weighted by molar-refractivity contribution is 0.0719. The predicted molar refractivity (Wildman–Crippen MR) is 106 cm³/mol. The third-order valence-electron chi connectivity index (χ3n) is 4.09. The molecule has 0 saturated heterocycles. The Bertz CT molecular complexity index is 857. The molecular formula is C20H21N3O2S. The van der Waals surface area contributed by atoms with Crippen molar-refractivity contribution in [3.63, 3.8) is 0 Å². The number of carbonyl (C=O) groups is 1. The quantitative estimate of drug-likeness (QED) is 0.615. The number of rotatable bonds is 6. The summed E-state index contributed by atoms with van der Waals surface area (Å²) in [5.41, 5.74) is 2.24. The van der Waals surface area contributed by atoms with Gasteiger partial charge in [0.2, 0.25) is 0 Å². The molecule has 26 heavy (non-hydrogen) atoms. The highest BCUT2D eigenvalue weighted by atomic mass is 32.1. The molecule has 1 unspecified atom stereocenters. The molecule has 1 amide bonds. The van der Waals surface area contributed by atoms with E-state index in [0.29, 0.717) is 17.9 Å². The van der Waals surface area contributed by atoms with Crippen LogP contribution >= 0.6 is 11.3 Å². The maximum absolute atomic E-state index is 12.3. The topological polar surface area (TPSA) is 74.2 Å². The lowest BCUT2D eigenvalue weighted by Gasteiger charge is -2.23. The van der Waals surface area contributed by atoms with Crippen LogP contribution in [0.15, 0.2) is 59.4 Å². The second kappa shape index (κ2) is 7.68. The Hall–Kier alpha value is -2.70. The zero-order valence-electron chi connectivity index (χ0n) is 14.7. The maximum Gasteiger partial charge on any atom is 0.257 e. The minimum absolute atomic E-state index is 0.210. The molecule has 6 heteroatoms. The lowest BCUT2D eigenvalue weighted by Crippen LogP contribution is -2.30. The third kappa shape index (κ3) is 4.47. The number of nitrogens with zero attached hydrogens (tertiary/aromatic N) is 1. The summed E-state index contributed by atoms with van der Waals surface area (Å²) >= 11 is 1.55. The summed E-state index contributed by atoms with van der Waals surface area (Å²) in [7, 11) is 0. The van der Waals surface area contributed by atoms with Crippen LogP contribution in [0.1, 0.15) is 28.4 Å². The molecule has 0 saturated carbocycles.